The SMILES string of the molecule is Cc1ccc(S(=O)(=O)N[C@H](CCCCNC(C)C)C(=O)O)cc1. The van der Waals surface area contributed by atoms with Crippen LogP contribution in [0.15, 0.2) is 29.2 Å². The number of hydrogen-bond acceptors (Lipinski definition) is 4. The van der Waals surface area contributed by atoms with E-state index in [4.69, 9.17) is 0 Å². The van der Waals surface area contributed by atoms with Crippen molar-refractivity contribution in [3.63, 3.8) is 0 Å². The molecule has 0 saturated carbocycles. The van der Waals surface area contributed by atoms with E-state index in [1.54, 1.807) is 12.1 Å². The molecule has 23 heavy (non-hydrogen) atoms. The number of aliphatic carboxylic acids is 1. The molecule has 0 aliphatic carbocycles. The van der Waals surface area contributed by atoms with Gasteiger partial charge in [-0.3, -0.25) is 4.79 Å². The van der Waals surface area contributed by atoms with Gasteiger partial charge in [0.2, 0.25) is 10.0 Å². The van der Waals surface area contributed by atoms with Gasteiger partial charge in [-0.15, -0.1) is 0 Å². The number of carbonyl (C=O) groups is 1. The molecule has 0 heterocycles. The number of sulfonamides is 1. The summed E-state index contributed by atoms with van der Waals surface area (Å²) in [5.74, 6) is -1.16. The molecule has 1 rings (SSSR count). The van der Waals surface area contributed by atoms with Crippen molar-refractivity contribution in [2.75, 3.05) is 6.54 Å². The third-order valence-electron chi connectivity index (χ3n) is 3.40. The van der Waals surface area contributed by atoms with Crippen molar-refractivity contribution < 1.29 is 18.3 Å². The summed E-state index contributed by atoms with van der Waals surface area (Å²) in [7, 11) is -3.82. The molecular formula is C16H26N2O4S. The molecule has 7 heteroatoms. The predicted molar refractivity (Wildman–Crippen MR) is 89.9 cm³/mol. The van der Waals surface area contributed by atoms with Gasteiger partial charge in [-0.1, -0.05) is 38.0 Å². The Kier molecular flexibility index (Phi) is 7.67. The number of aryl methyl sites for hydroxylation is 1. The van der Waals surface area contributed by atoms with Gasteiger partial charge in [0.15, 0.2) is 0 Å². The lowest BCUT2D eigenvalue weighted by molar-refractivity contribution is -0.139. The van der Waals surface area contributed by atoms with Gasteiger partial charge in [0.1, 0.15) is 6.04 Å². The molecule has 6 nitrogen and oxygen atoms in total. The Morgan fingerprint density at radius 1 is 1.17 bits per heavy atom. The lowest BCUT2D eigenvalue weighted by Gasteiger charge is -2.15. The van der Waals surface area contributed by atoms with Gasteiger partial charge in [0.25, 0.3) is 0 Å². The Labute approximate surface area is 138 Å². The molecule has 0 saturated heterocycles. The maximum Gasteiger partial charge on any atom is 0.321 e. The van der Waals surface area contributed by atoms with Crippen LogP contribution in [-0.2, 0) is 14.8 Å². The van der Waals surface area contributed by atoms with Crippen LogP contribution < -0.4 is 10.0 Å². The van der Waals surface area contributed by atoms with Gasteiger partial charge in [-0.2, -0.15) is 4.72 Å². The monoisotopic (exact) mass is 342 g/mol. The van der Waals surface area contributed by atoms with E-state index in [9.17, 15) is 18.3 Å². The smallest absolute Gasteiger partial charge is 0.321 e. The maximum atomic E-state index is 12.2. The fourth-order valence-corrected chi connectivity index (χ4v) is 3.29. The van der Waals surface area contributed by atoms with Crippen molar-refractivity contribution in [2.45, 2.75) is 57.0 Å². The van der Waals surface area contributed by atoms with Gasteiger partial charge in [-0.25, -0.2) is 8.42 Å². The number of carboxylic acid groups (broad SMARTS) is 1. The Morgan fingerprint density at radius 2 is 1.78 bits per heavy atom. The number of benzene rings is 1. The van der Waals surface area contributed by atoms with Crippen molar-refractivity contribution in [1.82, 2.24) is 10.0 Å². The van der Waals surface area contributed by atoms with E-state index in [0.717, 1.165) is 18.5 Å². The van der Waals surface area contributed by atoms with E-state index in [-0.39, 0.29) is 11.3 Å². The van der Waals surface area contributed by atoms with E-state index >= 15 is 0 Å². The number of hydrogen-bond donors (Lipinski definition) is 3. The molecule has 3 N–H and O–H groups in total. The topological polar surface area (TPSA) is 95.5 Å². The van der Waals surface area contributed by atoms with Gasteiger partial charge in [0, 0.05) is 6.04 Å². The van der Waals surface area contributed by atoms with Crippen LogP contribution in [0, 0.1) is 6.92 Å². The first-order valence-corrected chi connectivity index (χ1v) is 9.26. The molecule has 0 aliphatic heterocycles. The highest BCUT2D eigenvalue weighted by atomic mass is 32.2. The predicted octanol–water partition coefficient (Wildman–Crippen LogP) is 1.89. The second kappa shape index (κ2) is 9.00. The molecule has 0 radical (unpaired) electrons. The largest absolute Gasteiger partial charge is 0.480 e. The fraction of sp³-hybridized carbons (Fsp3) is 0.562. The normalized spacial score (nSPS) is 13.2. The van der Waals surface area contributed by atoms with E-state index < -0.39 is 22.0 Å². The summed E-state index contributed by atoms with van der Waals surface area (Å²) in [6.45, 7) is 6.72. The third kappa shape index (κ3) is 7.11. The van der Waals surface area contributed by atoms with Gasteiger partial charge in [0.05, 0.1) is 4.90 Å². The van der Waals surface area contributed by atoms with Crippen LogP contribution in [0.3, 0.4) is 0 Å². The highest BCUT2D eigenvalue weighted by molar-refractivity contribution is 7.89. The minimum atomic E-state index is -3.82. The molecule has 0 fully saturated rings. The van der Waals surface area contributed by atoms with Crippen LogP contribution in [0.2, 0.25) is 0 Å². The molecular weight excluding hydrogens is 316 g/mol. The molecule has 0 spiro atoms. The van der Waals surface area contributed by atoms with Crippen LogP contribution in [0.4, 0.5) is 0 Å². The van der Waals surface area contributed by atoms with Crippen molar-refractivity contribution >= 4 is 16.0 Å². The number of nitrogens with one attached hydrogen (secondary N) is 2. The maximum absolute atomic E-state index is 12.2. The first-order valence-electron chi connectivity index (χ1n) is 7.77. The summed E-state index contributed by atoms with van der Waals surface area (Å²) in [5.41, 5.74) is 0.941. The van der Waals surface area contributed by atoms with Crippen LogP contribution in [0.5, 0.6) is 0 Å². The molecule has 1 aromatic carbocycles. The summed E-state index contributed by atoms with van der Waals surface area (Å²) < 4.78 is 26.8. The lowest BCUT2D eigenvalue weighted by Crippen LogP contribution is -2.40. The average molecular weight is 342 g/mol. The highest BCUT2D eigenvalue weighted by Crippen LogP contribution is 2.12. The molecule has 1 aromatic rings. The van der Waals surface area contributed by atoms with Gasteiger partial charge in [-0.05, 0) is 38.4 Å². The van der Waals surface area contributed by atoms with E-state index in [1.807, 2.05) is 20.8 Å². The minimum Gasteiger partial charge on any atom is -0.480 e. The highest BCUT2D eigenvalue weighted by Gasteiger charge is 2.24. The Hall–Kier alpha value is -1.44. The van der Waals surface area contributed by atoms with E-state index in [2.05, 4.69) is 10.0 Å². The zero-order valence-electron chi connectivity index (χ0n) is 13.9. The summed E-state index contributed by atoms with van der Waals surface area (Å²) in [5, 5.41) is 12.5. The van der Waals surface area contributed by atoms with Crippen LogP contribution in [0.25, 0.3) is 0 Å². The zero-order chi connectivity index (χ0) is 17.5. The molecule has 0 bridgehead atoms. The molecule has 0 aliphatic rings. The number of carboxylic acids is 1. The van der Waals surface area contributed by atoms with Crippen LogP contribution >= 0.6 is 0 Å². The quantitative estimate of drug-likeness (QED) is 0.564. The standard InChI is InChI=1S/C16H26N2O4S/c1-12(2)17-11-5-4-6-15(16(19)20)18-23(21,22)14-9-7-13(3)8-10-14/h7-10,12,15,17-18H,4-6,11H2,1-3H3,(H,19,20)/t15-/m1/s1. The van der Waals surface area contributed by atoms with Crippen molar-refractivity contribution in [3.05, 3.63) is 29.8 Å². The number of unbranched alkanes of at least 4 members (excludes halogenated alkanes) is 1. The second-order valence-electron chi connectivity index (χ2n) is 5.93. The summed E-state index contributed by atoms with van der Waals surface area (Å²) in [6.07, 6.45) is 1.70. The fourth-order valence-electron chi connectivity index (χ4n) is 2.07. The first-order chi connectivity index (χ1) is 10.7. The Balaban J connectivity index is 2.61. The number of rotatable bonds is 10. The van der Waals surface area contributed by atoms with Crippen LogP contribution in [-0.4, -0.2) is 38.1 Å². The van der Waals surface area contributed by atoms with Gasteiger partial charge >= 0.3 is 5.97 Å². The van der Waals surface area contributed by atoms with E-state index in [1.165, 1.54) is 12.1 Å². The van der Waals surface area contributed by atoms with Crippen LogP contribution in [0.1, 0.15) is 38.7 Å². The molecule has 0 amide bonds. The van der Waals surface area contributed by atoms with Gasteiger partial charge < -0.3 is 10.4 Å². The lowest BCUT2D eigenvalue weighted by atomic mass is 10.1. The van der Waals surface area contributed by atoms with Crippen molar-refractivity contribution in [1.29, 1.82) is 0 Å². The second-order valence-corrected chi connectivity index (χ2v) is 7.64. The molecule has 0 unspecified atom stereocenters. The van der Waals surface area contributed by atoms with E-state index in [0.29, 0.717) is 12.5 Å². The average Bonchev–Trinajstić information content (AvgIpc) is 2.45. The minimum absolute atomic E-state index is 0.0795. The molecule has 0 aromatic heterocycles. The first kappa shape index (κ1) is 19.6. The zero-order valence-corrected chi connectivity index (χ0v) is 14.7. The summed E-state index contributed by atoms with van der Waals surface area (Å²) in [4.78, 5) is 11.4. The summed E-state index contributed by atoms with van der Waals surface area (Å²) in [6, 6.07) is 5.58. The Bertz CT molecular complexity index is 597. The Morgan fingerprint density at radius 3 is 2.30 bits per heavy atom. The summed E-state index contributed by atoms with van der Waals surface area (Å²) >= 11 is 0. The van der Waals surface area contributed by atoms with Crippen molar-refractivity contribution in [3.8, 4) is 0 Å². The molecule has 1 atom stereocenters. The van der Waals surface area contributed by atoms with Crippen molar-refractivity contribution in [2.24, 2.45) is 0 Å². The molecule has 130 valence electrons. The third-order valence-corrected chi connectivity index (χ3v) is 4.89.